The van der Waals surface area contributed by atoms with Crippen molar-refractivity contribution in [3.63, 3.8) is 0 Å². The Morgan fingerprint density at radius 2 is 2.05 bits per heavy atom. The molecule has 0 unspecified atom stereocenters. The van der Waals surface area contributed by atoms with Crippen LogP contribution in [-0.2, 0) is 6.42 Å². The number of alkyl halides is 2. The van der Waals surface area contributed by atoms with E-state index in [0.29, 0.717) is 24.2 Å². The molecule has 0 saturated heterocycles. The van der Waals surface area contributed by atoms with Gasteiger partial charge in [0.2, 0.25) is 5.89 Å². The maximum absolute atomic E-state index is 13.1. The molecule has 2 aromatic rings. The predicted molar refractivity (Wildman–Crippen MR) is 63.2 cm³/mol. The molecule has 0 saturated carbocycles. The molecule has 2 heterocycles. The van der Waals surface area contributed by atoms with Crippen molar-refractivity contribution in [2.24, 2.45) is 0 Å². The Morgan fingerprint density at radius 1 is 1.37 bits per heavy atom. The molecule has 0 fully saturated rings. The summed E-state index contributed by atoms with van der Waals surface area (Å²) in [5.74, 6) is 0.368. The van der Waals surface area contributed by atoms with Crippen LogP contribution in [0.5, 0.6) is 0 Å². The van der Waals surface area contributed by atoms with E-state index in [9.17, 15) is 13.6 Å². The molecule has 7 heteroatoms. The molecule has 5 nitrogen and oxygen atoms in total. The third kappa shape index (κ3) is 2.05. The summed E-state index contributed by atoms with van der Waals surface area (Å²) in [6.07, 6.45) is 1.07. The van der Waals surface area contributed by atoms with E-state index < -0.39 is 6.55 Å². The number of aldehydes is 1. The second kappa shape index (κ2) is 4.91. The molecule has 0 spiro atoms. The van der Waals surface area contributed by atoms with Crippen LogP contribution in [0.3, 0.4) is 0 Å². The van der Waals surface area contributed by atoms with Crippen molar-refractivity contribution in [3.05, 3.63) is 22.7 Å². The van der Waals surface area contributed by atoms with Gasteiger partial charge >= 0.3 is 6.55 Å². The zero-order chi connectivity index (χ0) is 14.2. The minimum absolute atomic E-state index is 0.00542. The average Bonchev–Trinajstić information content (AvgIpc) is 2.92. The fourth-order valence-electron chi connectivity index (χ4n) is 2.05. The smallest absolute Gasteiger partial charge is 0.319 e. The molecule has 0 atom stereocenters. The SMILES string of the molecule is CCc1nnc(-c2c(C)c(C=O)c(C)n2C(F)F)o1. The van der Waals surface area contributed by atoms with Gasteiger partial charge in [-0.05, 0) is 19.4 Å². The fraction of sp³-hybridized carbons (Fsp3) is 0.417. The van der Waals surface area contributed by atoms with Crippen molar-refractivity contribution in [3.8, 4) is 11.6 Å². The highest BCUT2D eigenvalue weighted by Crippen LogP contribution is 2.33. The largest absolute Gasteiger partial charge is 0.419 e. The first-order valence-corrected chi connectivity index (χ1v) is 5.78. The summed E-state index contributed by atoms with van der Waals surface area (Å²) in [5, 5.41) is 7.52. The van der Waals surface area contributed by atoms with Crippen LogP contribution >= 0.6 is 0 Å². The van der Waals surface area contributed by atoms with Gasteiger partial charge in [0.15, 0.2) is 6.29 Å². The van der Waals surface area contributed by atoms with E-state index in [2.05, 4.69) is 10.2 Å². The van der Waals surface area contributed by atoms with Crippen LogP contribution in [0.2, 0.25) is 0 Å². The summed E-state index contributed by atoms with van der Waals surface area (Å²) in [7, 11) is 0. The van der Waals surface area contributed by atoms with Gasteiger partial charge in [0.05, 0.1) is 0 Å². The number of nitrogens with zero attached hydrogens (tertiary/aromatic N) is 3. The highest BCUT2D eigenvalue weighted by atomic mass is 19.3. The standard InChI is InChI=1S/C12H13F2N3O2/c1-4-9-15-16-11(19-9)10-6(2)8(5-18)7(3)17(10)12(13)14/h5,12H,4H2,1-3H3. The van der Waals surface area contributed by atoms with Crippen LogP contribution in [0.1, 0.15) is 41.0 Å². The van der Waals surface area contributed by atoms with Gasteiger partial charge in [-0.1, -0.05) is 6.92 Å². The lowest BCUT2D eigenvalue weighted by Gasteiger charge is -2.07. The van der Waals surface area contributed by atoms with Gasteiger partial charge in [-0.25, -0.2) is 0 Å². The first-order valence-electron chi connectivity index (χ1n) is 5.78. The number of carbonyl (C=O) groups is 1. The zero-order valence-electron chi connectivity index (χ0n) is 10.8. The third-order valence-electron chi connectivity index (χ3n) is 3.04. The van der Waals surface area contributed by atoms with Crippen molar-refractivity contribution < 1.29 is 18.0 Å². The summed E-state index contributed by atoms with van der Waals surface area (Å²) >= 11 is 0. The van der Waals surface area contributed by atoms with E-state index in [0.717, 1.165) is 4.57 Å². The van der Waals surface area contributed by atoms with Gasteiger partial charge in [0.1, 0.15) is 5.69 Å². The predicted octanol–water partition coefficient (Wildman–Crippen LogP) is 2.92. The maximum Gasteiger partial charge on any atom is 0.319 e. The van der Waals surface area contributed by atoms with Crippen molar-refractivity contribution in [1.29, 1.82) is 0 Å². The first-order chi connectivity index (χ1) is 9.01. The molecule has 2 rings (SSSR count). The Kier molecular flexibility index (Phi) is 3.46. The monoisotopic (exact) mass is 269 g/mol. The Balaban J connectivity index is 2.70. The molecule has 0 radical (unpaired) electrons. The van der Waals surface area contributed by atoms with Crippen molar-refractivity contribution in [1.82, 2.24) is 14.8 Å². The highest BCUT2D eigenvalue weighted by Gasteiger charge is 2.26. The molecular formula is C12H13F2N3O2. The van der Waals surface area contributed by atoms with Crippen LogP contribution in [0.4, 0.5) is 8.78 Å². The van der Waals surface area contributed by atoms with Crippen LogP contribution in [-0.4, -0.2) is 21.1 Å². The molecule has 0 aromatic carbocycles. The molecule has 0 aliphatic rings. The third-order valence-corrected chi connectivity index (χ3v) is 3.04. The van der Waals surface area contributed by atoms with Crippen LogP contribution in [0.15, 0.2) is 4.42 Å². The summed E-state index contributed by atoms with van der Waals surface area (Å²) < 4.78 is 32.4. The second-order valence-corrected chi connectivity index (χ2v) is 4.09. The topological polar surface area (TPSA) is 60.9 Å². The molecule has 0 amide bonds. The van der Waals surface area contributed by atoms with Gasteiger partial charge in [0.25, 0.3) is 5.89 Å². The second-order valence-electron chi connectivity index (χ2n) is 4.09. The van der Waals surface area contributed by atoms with Gasteiger partial charge in [-0.3, -0.25) is 9.36 Å². The van der Waals surface area contributed by atoms with E-state index in [1.165, 1.54) is 6.92 Å². The first kappa shape index (κ1) is 13.4. The Bertz CT molecular complexity index is 617. The van der Waals surface area contributed by atoms with E-state index in [1.54, 1.807) is 6.92 Å². The van der Waals surface area contributed by atoms with E-state index in [4.69, 9.17) is 4.42 Å². The summed E-state index contributed by atoms with van der Waals surface area (Å²) in [4.78, 5) is 11.0. The van der Waals surface area contributed by atoms with Gasteiger partial charge in [0, 0.05) is 17.7 Å². The van der Waals surface area contributed by atoms with Gasteiger partial charge in [-0.2, -0.15) is 8.78 Å². The normalized spacial score (nSPS) is 11.3. The number of rotatable bonds is 4. The fourth-order valence-corrected chi connectivity index (χ4v) is 2.05. The van der Waals surface area contributed by atoms with E-state index in [-0.39, 0.29) is 22.8 Å². The number of hydrogen-bond acceptors (Lipinski definition) is 4. The molecule has 0 N–H and O–H groups in total. The van der Waals surface area contributed by atoms with Crippen LogP contribution < -0.4 is 0 Å². The highest BCUT2D eigenvalue weighted by molar-refractivity contribution is 5.83. The quantitative estimate of drug-likeness (QED) is 0.801. The van der Waals surface area contributed by atoms with Gasteiger partial charge < -0.3 is 4.42 Å². The number of carbonyl (C=O) groups excluding carboxylic acids is 1. The lowest BCUT2D eigenvalue weighted by atomic mass is 10.1. The Hall–Kier alpha value is -2.05. The molecule has 2 aromatic heterocycles. The van der Waals surface area contributed by atoms with E-state index in [1.807, 2.05) is 6.92 Å². The lowest BCUT2D eigenvalue weighted by molar-refractivity contribution is 0.0697. The Morgan fingerprint density at radius 3 is 2.53 bits per heavy atom. The zero-order valence-corrected chi connectivity index (χ0v) is 10.8. The van der Waals surface area contributed by atoms with Crippen molar-refractivity contribution in [2.45, 2.75) is 33.7 Å². The Labute approximate surface area is 108 Å². The maximum atomic E-state index is 13.1. The van der Waals surface area contributed by atoms with Gasteiger partial charge in [-0.15, -0.1) is 10.2 Å². The molecule has 0 aliphatic carbocycles. The lowest BCUT2D eigenvalue weighted by Crippen LogP contribution is -2.03. The number of aromatic nitrogens is 3. The minimum atomic E-state index is -2.78. The van der Waals surface area contributed by atoms with Crippen LogP contribution in [0, 0.1) is 13.8 Å². The number of hydrogen-bond donors (Lipinski definition) is 0. The molecule has 19 heavy (non-hydrogen) atoms. The summed E-state index contributed by atoms with van der Waals surface area (Å²) in [5.41, 5.74) is 0.932. The molecule has 102 valence electrons. The van der Waals surface area contributed by atoms with Crippen molar-refractivity contribution in [2.75, 3.05) is 0 Å². The average molecular weight is 269 g/mol. The van der Waals surface area contributed by atoms with Crippen LogP contribution in [0.25, 0.3) is 11.6 Å². The molecule has 0 aliphatic heterocycles. The molecular weight excluding hydrogens is 256 g/mol. The minimum Gasteiger partial charge on any atom is -0.419 e. The van der Waals surface area contributed by atoms with E-state index >= 15 is 0 Å². The number of halogens is 2. The van der Waals surface area contributed by atoms with Crippen molar-refractivity contribution >= 4 is 6.29 Å². The number of aryl methyl sites for hydroxylation is 1. The summed E-state index contributed by atoms with van der Waals surface area (Å²) in [6, 6.07) is 0. The summed E-state index contributed by atoms with van der Waals surface area (Å²) in [6.45, 7) is 2.09. The molecule has 0 bridgehead atoms.